The molecular weight excluding hydrogens is 869 g/mol. The van der Waals surface area contributed by atoms with Crippen molar-refractivity contribution in [2.24, 2.45) is 46.8 Å². The summed E-state index contributed by atoms with van der Waals surface area (Å²) >= 11 is 0. The van der Waals surface area contributed by atoms with Crippen molar-refractivity contribution in [3.8, 4) is 0 Å². The van der Waals surface area contributed by atoms with Crippen molar-refractivity contribution in [2.75, 3.05) is 40.3 Å². The maximum Gasteiger partial charge on any atom is 0.00189 e. The Kier molecular flexibility index (Phi) is 71.8. The van der Waals surface area contributed by atoms with Crippen molar-refractivity contribution in [3.05, 3.63) is 35.9 Å². The number of hydrogen-bond acceptors (Lipinski definition) is 2. The molecule has 0 amide bonds. The van der Waals surface area contributed by atoms with Crippen molar-refractivity contribution in [1.82, 2.24) is 9.80 Å². The number of nitrogens with zero attached hydrogens (tertiary/aromatic N) is 2. The molecule has 0 aromatic heterocycles. The van der Waals surface area contributed by atoms with E-state index in [4.69, 9.17) is 0 Å². The summed E-state index contributed by atoms with van der Waals surface area (Å²) in [7, 11) is 4.39. The first-order valence-corrected chi connectivity index (χ1v) is 32.6. The summed E-state index contributed by atoms with van der Waals surface area (Å²) in [5.41, 5.74) is 2.24. The van der Waals surface area contributed by atoms with Crippen molar-refractivity contribution in [2.45, 2.75) is 332 Å². The Morgan fingerprint density at radius 2 is 0.917 bits per heavy atom. The molecule has 0 spiro atoms. The van der Waals surface area contributed by atoms with E-state index in [2.05, 4.69) is 213 Å². The largest absolute Gasteiger partial charge is 0.306 e. The third-order valence-corrected chi connectivity index (χ3v) is 15.9. The van der Waals surface area contributed by atoms with E-state index in [-0.39, 0.29) is 0 Å². The molecule has 4 fully saturated rings. The second-order valence-corrected chi connectivity index (χ2v) is 24.0. The lowest BCUT2D eigenvalue weighted by Crippen LogP contribution is -2.42. The van der Waals surface area contributed by atoms with Gasteiger partial charge in [-0.3, -0.25) is 0 Å². The lowest BCUT2D eigenvalue weighted by molar-refractivity contribution is 0.131. The molecule has 2 aliphatic heterocycles. The second-order valence-electron chi connectivity index (χ2n) is 24.0. The summed E-state index contributed by atoms with van der Waals surface area (Å²) in [5.74, 6) is 7.66. The molecule has 2 saturated carbocycles. The highest BCUT2D eigenvalue weighted by Gasteiger charge is 2.34. The van der Waals surface area contributed by atoms with Gasteiger partial charge in [0.25, 0.3) is 0 Å². The van der Waals surface area contributed by atoms with Crippen LogP contribution in [0.4, 0.5) is 0 Å². The highest BCUT2D eigenvalue weighted by Crippen LogP contribution is 2.47. The quantitative estimate of drug-likeness (QED) is 0.135. The smallest absolute Gasteiger partial charge is 0.00189 e. The molecular formula is C70H148N2. The van der Waals surface area contributed by atoms with Gasteiger partial charge in [0.1, 0.15) is 0 Å². The Morgan fingerprint density at radius 3 is 1.08 bits per heavy atom. The zero-order valence-electron chi connectivity index (χ0n) is 55.6. The first-order valence-electron chi connectivity index (χ1n) is 32.6. The maximum absolute atomic E-state index is 2.42. The Morgan fingerprint density at radius 1 is 0.500 bits per heavy atom. The predicted molar refractivity (Wildman–Crippen MR) is 342 cm³/mol. The molecule has 2 heterocycles. The lowest BCUT2D eigenvalue weighted by Gasteiger charge is -2.35. The molecule has 0 N–H and O–H groups in total. The van der Waals surface area contributed by atoms with E-state index in [0.29, 0.717) is 5.92 Å². The number of piperidine rings is 1. The molecule has 1 aromatic carbocycles. The minimum Gasteiger partial charge on any atom is -0.306 e. The van der Waals surface area contributed by atoms with Crippen LogP contribution in [0, 0.1) is 46.8 Å². The summed E-state index contributed by atoms with van der Waals surface area (Å²) in [5, 5.41) is 0. The van der Waals surface area contributed by atoms with E-state index in [1.54, 1.807) is 0 Å². The Bertz CT molecular complexity index is 1020. The SMILES string of the molecule is CC1CC(C)C1.CCC(C)C.CCC(C)CC.CCC1(C)CC1.CCC1CCN(C)CC1.CCC1CN(C)C1.CCCC.CCCC(CC)CC.CCCCC.CCCCCC.CC[C@@H](C)c1ccccc1. The average molecular weight is 1020 g/mol. The Hall–Kier alpha value is -0.860. The van der Waals surface area contributed by atoms with Gasteiger partial charge in [0.15, 0.2) is 0 Å². The fourth-order valence-electron chi connectivity index (χ4n) is 7.69. The second kappa shape index (κ2) is 62.7. The molecule has 5 rings (SSSR count). The average Bonchev–Trinajstić information content (AvgIpc) is 4.15. The van der Waals surface area contributed by atoms with Gasteiger partial charge in [-0.15, -0.1) is 0 Å². The molecule has 438 valence electrons. The van der Waals surface area contributed by atoms with Crippen LogP contribution >= 0.6 is 0 Å². The third-order valence-electron chi connectivity index (χ3n) is 15.9. The van der Waals surface area contributed by atoms with Crippen molar-refractivity contribution in [1.29, 1.82) is 0 Å². The molecule has 1 aromatic rings. The van der Waals surface area contributed by atoms with Gasteiger partial charge in [-0.1, -0.05) is 312 Å². The van der Waals surface area contributed by atoms with E-state index in [1.165, 1.54) is 199 Å². The molecule has 72 heavy (non-hydrogen) atoms. The highest BCUT2D eigenvalue weighted by atomic mass is 15.2. The number of rotatable bonds is 18. The Balaban J connectivity index is -0.000000168. The van der Waals surface area contributed by atoms with Gasteiger partial charge >= 0.3 is 0 Å². The van der Waals surface area contributed by atoms with E-state index in [0.717, 1.165) is 46.8 Å². The summed E-state index contributed by atoms with van der Waals surface area (Å²) in [6, 6.07) is 10.6. The fraction of sp³-hybridized carbons (Fsp3) is 0.914. The number of unbranched alkanes of at least 4 members (excludes halogenated alkanes) is 6. The van der Waals surface area contributed by atoms with Gasteiger partial charge in [0.2, 0.25) is 0 Å². The van der Waals surface area contributed by atoms with Gasteiger partial charge in [0, 0.05) is 13.1 Å². The standard InChI is InChI=1S/C10H14.C8H17N.C8H18.C6H13N.2C6H12.2C6H14.2C5H12.C4H10/c1-3-9(2)10-7-5-4-6-8-10;1-3-8-4-6-9(2)7-5-8;1-4-7-8(5-2)6-3;1-3-6-4-7(2)5-6;1-5-3-6(2)4-5;1-3-6(2)4-5-6;1-4-6(3)5-2;1-3-5-6-4-2;1-4-5(2)3;1-3-5-4-2;1-3-4-2/h4-9H,3H2,1-2H3;8H,3-7H2,1-2H3;8H,4-7H2,1-3H3;6H,3-5H2,1-2H3;5-6H,3-4H2,1-2H3;3-5H2,1-2H3;6H,4-5H2,1-3H3;3-6H2,1-2H3;5H,4H2,1-3H3;3-5H2,1-2H3;3-4H2,1-2H3/t9-;;;;;;;;;;/m1........../s1. The van der Waals surface area contributed by atoms with Gasteiger partial charge in [-0.2, -0.15) is 0 Å². The molecule has 2 aliphatic carbocycles. The van der Waals surface area contributed by atoms with Crippen LogP contribution in [0.1, 0.15) is 338 Å². The van der Waals surface area contributed by atoms with E-state index >= 15 is 0 Å². The zero-order chi connectivity index (χ0) is 56.6. The summed E-state index contributed by atoms with van der Waals surface area (Å²) in [4.78, 5) is 4.78. The topological polar surface area (TPSA) is 6.48 Å². The Labute approximate surface area is 462 Å². The van der Waals surface area contributed by atoms with Crippen LogP contribution in [0.3, 0.4) is 0 Å². The molecule has 4 aliphatic rings. The monoisotopic (exact) mass is 1020 g/mol. The van der Waals surface area contributed by atoms with Crippen molar-refractivity contribution >= 4 is 0 Å². The van der Waals surface area contributed by atoms with Crippen LogP contribution in [0.25, 0.3) is 0 Å². The normalized spacial score (nSPS) is 17.7. The molecule has 0 bridgehead atoms. The molecule has 0 unspecified atom stereocenters. The van der Waals surface area contributed by atoms with Gasteiger partial charge in [-0.25, -0.2) is 0 Å². The highest BCUT2D eigenvalue weighted by molar-refractivity contribution is 5.18. The van der Waals surface area contributed by atoms with Gasteiger partial charge in [-0.05, 0) is 130 Å². The summed E-state index contributed by atoms with van der Waals surface area (Å²) in [6.07, 6.45) is 35.8. The zero-order valence-corrected chi connectivity index (χ0v) is 55.6. The molecule has 0 radical (unpaired) electrons. The van der Waals surface area contributed by atoms with Crippen LogP contribution in [0.5, 0.6) is 0 Å². The van der Waals surface area contributed by atoms with Crippen LogP contribution in [-0.2, 0) is 0 Å². The number of likely N-dealkylation sites (tertiary alicyclic amines) is 2. The van der Waals surface area contributed by atoms with Crippen molar-refractivity contribution < 1.29 is 0 Å². The lowest BCUT2D eigenvalue weighted by atomic mass is 9.78. The maximum atomic E-state index is 2.42. The first-order chi connectivity index (χ1) is 34.2. The number of benzene rings is 1. The van der Waals surface area contributed by atoms with E-state index in [9.17, 15) is 0 Å². The minimum absolute atomic E-state index is 0.709. The van der Waals surface area contributed by atoms with Crippen molar-refractivity contribution in [3.63, 3.8) is 0 Å². The molecule has 2 saturated heterocycles. The number of hydrogen-bond donors (Lipinski definition) is 0. The summed E-state index contributed by atoms with van der Waals surface area (Å²) < 4.78 is 0. The van der Waals surface area contributed by atoms with Gasteiger partial charge < -0.3 is 9.80 Å². The van der Waals surface area contributed by atoms with Crippen LogP contribution in [-0.4, -0.2) is 50.1 Å². The van der Waals surface area contributed by atoms with E-state index in [1.807, 2.05) is 0 Å². The van der Waals surface area contributed by atoms with Gasteiger partial charge in [0.05, 0.1) is 0 Å². The van der Waals surface area contributed by atoms with Crippen LogP contribution < -0.4 is 0 Å². The summed E-state index contributed by atoms with van der Waals surface area (Å²) in [6.45, 7) is 57.1. The first kappa shape index (κ1) is 82.5. The fourth-order valence-corrected chi connectivity index (χ4v) is 7.69. The predicted octanol–water partition coefficient (Wildman–Crippen LogP) is 24.5. The van der Waals surface area contributed by atoms with Crippen LogP contribution in [0.2, 0.25) is 0 Å². The minimum atomic E-state index is 0.709. The van der Waals surface area contributed by atoms with Crippen LogP contribution in [0.15, 0.2) is 30.3 Å². The molecule has 2 nitrogen and oxygen atoms in total. The molecule has 2 heteroatoms. The third kappa shape index (κ3) is 65.3. The van der Waals surface area contributed by atoms with E-state index < -0.39 is 0 Å². The molecule has 1 atom stereocenters.